The predicted octanol–water partition coefficient (Wildman–Crippen LogP) is 2.89. The summed E-state index contributed by atoms with van der Waals surface area (Å²) in [5.74, 6) is -1.08. The van der Waals surface area contributed by atoms with Crippen LogP contribution >= 0.6 is 0 Å². The van der Waals surface area contributed by atoms with E-state index in [9.17, 15) is 10.1 Å². The van der Waals surface area contributed by atoms with Crippen molar-refractivity contribution in [1.29, 1.82) is 5.26 Å². The summed E-state index contributed by atoms with van der Waals surface area (Å²) in [4.78, 5) is 12.8. The highest BCUT2D eigenvalue weighted by atomic mass is 16.4. The zero-order valence-corrected chi connectivity index (χ0v) is 11.9. The van der Waals surface area contributed by atoms with Gasteiger partial charge in [0.25, 0.3) is 0 Å². The van der Waals surface area contributed by atoms with Crippen molar-refractivity contribution in [2.45, 2.75) is 12.3 Å². The van der Waals surface area contributed by atoms with Crippen molar-refractivity contribution in [1.82, 2.24) is 0 Å². The third-order valence-corrected chi connectivity index (χ3v) is 3.25. The fraction of sp³-hybridized carbons (Fsp3) is 0.250. The molecule has 2 aromatic rings. The van der Waals surface area contributed by atoms with Gasteiger partial charge in [-0.15, -0.1) is 0 Å². The van der Waals surface area contributed by atoms with E-state index in [0.29, 0.717) is 12.2 Å². The van der Waals surface area contributed by atoms with Crippen molar-refractivity contribution in [3.63, 3.8) is 0 Å². The first-order chi connectivity index (χ1) is 10.0. The van der Waals surface area contributed by atoms with E-state index in [0.717, 1.165) is 11.3 Å². The fourth-order valence-electron chi connectivity index (χ4n) is 2.05. The lowest BCUT2D eigenvalue weighted by atomic mass is 9.96. The number of nitriles is 1. The van der Waals surface area contributed by atoms with Gasteiger partial charge >= 0.3 is 5.97 Å². The number of anilines is 1. The SMILES string of the molecule is CN(C)c1ccc(C(C#N)Cc2ccc(C(=O)O)o2)cc1. The van der Waals surface area contributed by atoms with Gasteiger partial charge in [-0.1, -0.05) is 12.1 Å². The molecule has 0 spiro atoms. The van der Waals surface area contributed by atoms with Crippen molar-refractivity contribution in [2.75, 3.05) is 19.0 Å². The largest absolute Gasteiger partial charge is 0.475 e. The molecule has 108 valence electrons. The molecule has 0 amide bonds. The van der Waals surface area contributed by atoms with Crippen LogP contribution in [0.25, 0.3) is 0 Å². The van der Waals surface area contributed by atoms with Crippen LogP contribution in [0.4, 0.5) is 5.69 Å². The Morgan fingerprint density at radius 2 is 1.95 bits per heavy atom. The number of hydrogen-bond acceptors (Lipinski definition) is 4. The average molecular weight is 284 g/mol. The van der Waals surface area contributed by atoms with Gasteiger partial charge < -0.3 is 14.4 Å². The first kappa shape index (κ1) is 14.7. The molecule has 0 fully saturated rings. The molecule has 1 atom stereocenters. The molecule has 0 radical (unpaired) electrons. The molecular formula is C16H16N2O3. The Morgan fingerprint density at radius 3 is 2.43 bits per heavy atom. The molecule has 0 aliphatic heterocycles. The maximum absolute atomic E-state index is 10.8. The van der Waals surface area contributed by atoms with E-state index in [1.807, 2.05) is 43.3 Å². The van der Waals surface area contributed by atoms with Gasteiger partial charge in [0, 0.05) is 26.2 Å². The molecule has 2 rings (SSSR count). The maximum Gasteiger partial charge on any atom is 0.371 e. The summed E-state index contributed by atoms with van der Waals surface area (Å²) in [5, 5.41) is 18.1. The zero-order chi connectivity index (χ0) is 15.4. The normalized spacial score (nSPS) is 11.7. The molecule has 0 saturated carbocycles. The van der Waals surface area contributed by atoms with Crippen LogP contribution in [-0.2, 0) is 6.42 Å². The first-order valence-electron chi connectivity index (χ1n) is 6.50. The molecule has 1 N–H and O–H groups in total. The number of furan rings is 1. The summed E-state index contributed by atoms with van der Waals surface area (Å²) in [6, 6.07) is 12.9. The Kier molecular flexibility index (Phi) is 4.29. The first-order valence-corrected chi connectivity index (χ1v) is 6.50. The molecule has 5 nitrogen and oxygen atoms in total. The lowest BCUT2D eigenvalue weighted by Gasteiger charge is -2.14. The maximum atomic E-state index is 10.8. The molecule has 0 aliphatic rings. The molecule has 1 aromatic heterocycles. The standard InChI is InChI=1S/C16H16N2O3/c1-18(2)13-5-3-11(4-6-13)12(10-17)9-14-7-8-15(21-14)16(19)20/h3-8,12H,9H2,1-2H3,(H,19,20). The topological polar surface area (TPSA) is 77.5 Å². The summed E-state index contributed by atoms with van der Waals surface area (Å²) >= 11 is 0. The third kappa shape index (κ3) is 3.42. The summed E-state index contributed by atoms with van der Waals surface area (Å²) in [6.45, 7) is 0. The number of hydrogen-bond donors (Lipinski definition) is 1. The van der Waals surface area contributed by atoms with Gasteiger partial charge in [-0.05, 0) is 29.8 Å². The lowest BCUT2D eigenvalue weighted by Crippen LogP contribution is -2.08. The van der Waals surface area contributed by atoms with Crippen LogP contribution in [0, 0.1) is 11.3 Å². The van der Waals surface area contributed by atoms with E-state index >= 15 is 0 Å². The Bertz CT molecular complexity index is 666. The van der Waals surface area contributed by atoms with Crippen molar-refractivity contribution in [3.8, 4) is 6.07 Å². The van der Waals surface area contributed by atoms with E-state index in [1.54, 1.807) is 6.07 Å². The summed E-state index contributed by atoms with van der Waals surface area (Å²) in [6.07, 6.45) is 0.352. The van der Waals surface area contributed by atoms with Crippen LogP contribution in [-0.4, -0.2) is 25.2 Å². The monoisotopic (exact) mass is 284 g/mol. The Morgan fingerprint density at radius 1 is 1.29 bits per heavy atom. The quantitative estimate of drug-likeness (QED) is 0.913. The number of carbonyl (C=O) groups is 1. The van der Waals surface area contributed by atoms with E-state index in [4.69, 9.17) is 9.52 Å². The van der Waals surface area contributed by atoms with Crippen LogP contribution in [0.15, 0.2) is 40.8 Å². The second kappa shape index (κ2) is 6.14. The molecule has 1 heterocycles. The molecule has 0 aliphatic carbocycles. The minimum Gasteiger partial charge on any atom is -0.475 e. The van der Waals surface area contributed by atoms with Crippen molar-refractivity contribution in [3.05, 3.63) is 53.5 Å². The van der Waals surface area contributed by atoms with Crippen molar-refractivity contribution in [2.24, 2.45) is 0 Å². The highest BCUT2D eigenvalue weighted by Gasteiger charge is 2.16. The third-order valence-electron chi connectivity index (χ3n) is 3.25. The van der Waals surface area contributed by atoms with E-state index in [1.165, 1.54) is 6.07 Å². The molecule has 1 aromatic carbocycles. The van der Waals surface area contributed by atoms with Crippen LogP contribution < -0.4 is 4.90 Å². The number of rotatable bonds is 5. The average Bonchev–Trinajstić information content (AvgIpc) is 2.93. The smallest absolute Gasteiger partial charge is 0.371 e. The summed E-state index contributed by atoms with van der Waals surface area (Å²) in [5.41, 5.74) is 1.94. The zero-order valence-electron chi connectivity index (χ0n) is 11.9. The van der Waals surface area contributed by atoms with Gasteiger partial charge in [0.2, 0.25) is 5.76 Å². The van der Waals surface area contributed by atoms with Gasteiger partial charge in [-0.2, -0.15) is 5.26 Å². The number of carboxylic acid groups (broad SMARTS) is 1. The molecule has 0 saturated heterocycles. The van der Waals surface area contributed by atoms with Gasteiger partial charge in [0.05, 0.1) is 12.0 Å². The van der Waals surface area contributed by atoms with E-state index < -0.39 is 5.97 Å². The van der Waals surface area contributed by atoms with Gasteiger partial charge in [0.15, 0.2) is 0 Å². The second-order valence-electron chi connectivity index (χ2n) is 4.94. The summed E-state index contributed by atoms with van der Waals surface area (Å²) in [7, 11) is 3.90. The lowest BCUT2D eigenvalue weighted by molar-refractivity contribution is 0.0660. The number of nitrogens with zero attached hydrogens (tertiary/aromatic N) is 2. The van der Waals surface area contributed by atoms with Gasteiger partial charge in [0.1, 0.15) is 5.76 Å². The van der Waals surface area contributed by atoms with E-state index in [2.05, 4.69) is 6.07 Å². The van der Waals surface area contributed by atoms with Crippen LogP contribution in [0.5, 0.6) is 0 Å². The predicted molar refractivity (Wildman–Crippen MR) is 78.5 cm³/mol. The minimum absolute atomic E-state index is 0.107. The molecular weight excluding hydrogens is 268 g/mol. The van der Waals surface area contributed by atoms with Crippen LogP contribution in [0.1, 0.15) is 27.8 Å². The Hall–Kier alpha value is -2.74. The summed E-state index contributed by atoms with van der Waals surface area (Å²) < 4.78 is 5.20. The Balaban J connectivity index is 2.15. The highest BCUT2D eigenvalue weighted by Crippen LogP contribution is 2.23. The number of carboxylic acids is 1. The van der Waals surface area contributed by atoms with E-state index in [-0.39, 0.29) is 11.7 Å². The highest BCUT2D eigenvalue weighted by molar-refractivity contribution is 5.84. The van der Waals surface area contributed by atoms with Crippen molar-refractivity contribution >= 4 is 11.7 Å². The second-order valence-corrected chi connectivity index (χ2v) is 4.94. The Labute approximate surface area is 123 Å². The van der Waals surface area contributed by atoms with Gasteiger partial charge in [-0.25, -0.2) is 4.79 Å². The van der Waals surface area contributed by atoms with Gasteiger partial charge in [-0.3, -0.25) is 0 Å². The minimum atomic E-state index is -1.11. The molecule has 5 heteroatoms. The number of benzene rings is 1. The van der Waals surface area contributed by atoms with Crippen LogP contribution in [0.2, 0.25) is 0 Å². The van der Waals surface area contributed by atoms with Crippen molar-refractivity contribution < 1.29 is 14.3 Å². The molecule has 0 bridgehead atoms. The molecule has 1 unspecified atom stereocenters. The molecule has 21 heavy (non-hydrogen) atoms. The van der Waals surface area contributed by atoms with Crippen LogP contribution in [0.3, 0.4) is 0 Å². The fourth-order valence-corrected chi connectivity index (χ4v) is 2.05. The number of aromatic carboxylic acids is 1.